The molecule has 4 aromatic carbocycles. The number of carbonyl (C=O) groups is 6. The van der Waals surface area contributed by atoms with Crippen molar-refractivity contribution in [3.63, 3.8) is 0 Å². The number of hydrogen-bond donors (Lipinski definition) is 6. The number of nitriles is 1. The zero-order valence-electron chi connectivity index (χ0n) is 40.8. The van der Waals surface area contributed by atoms with E-state index in [0.29, 0.717) is 33.8 Å². The Labute approximate surface area is 436 Å². The number of carboxylic acid groups (broad SMARTS) is 3. The fourth-order valence-electron chi connectivity index (χ4n) is 6.44. The van der Waals surface area contributed by atoms with Gasteiger partial charge in [0, 0.05) is 52.4 Å². The maximum atomic E-state index is 12.7. The van der Waals surface area contributed by atoms with E-state index in [4.69, 9.17) is 25.3 Å². The summed E-state index contributed by atoms with van der Waals surface area (Å²) in [5.74, 6) is -4.16. The number of benzene rings is 4. The van der Waals surface area contributed by atoms with E-state index in [1.165, 1.54) is 55.0 Å². The second-order valence-corrected chi connectivity index (χ2v) is 16.5. The minimum Gasteiger partial charge on any atom is -0.484 e. The van der Waals surface area contributed by atoms with Crippen LogP contribution in [-0.2, 0) is 38.8 Å². The fourth-order valence-corrected chi connectivity index (χ4v) is 6.84. The van der Waals surface area contributed by atoms with Gasteiger partial charge in [0.1, 0.15) is 25.4 Å². The Bertz CT molecular complexity index is 3420. The van der Waals surface area contributed by atoms with E-state index in [2.05, 4.69) is 31.9 Å². The number of nitrogens with zero attached hydrogens (tertiary/aromatic N) is 4. The molecule has 21 heteroatoms. The molecular weight excluding hydrogens is 1030 g/mol. The molecule has 0 radical (unpaired) electrons. The number of aromatic nitrogens is 3. The molecule has 6 N–H and O–H groups in total. The van der Waals surface area contributed by atoms with E-state index in [0.717, 1.165) is 40.4 Å². The maximum absolute atomic E-state index is 12.7. The monoisotopic (exact) mass is 1080 g/mol. The van der Waals surface area contributed by atoms with Gasteiger partial charge in [-0.05, 0) is 103 Å². The molecule has 20 nitrogen and oxygen atoms in total. The molecule has 0 aliphatic heterocycles. The number of rotatable bonds is 15. The van der Waals surface area contributed by atoms with Crippen molar-refractivity contribution in [2.24, 2.45) is 0 Å². The van der Waals surface area contributed by atoms with Crippen molar-refractivity contribution in [2.75, 3.05) is 22.6 Å². The standard InChI is InChI=1S/C22H20N2O4.C16H13N3O5.C14H11BrN2O4.C2H6/c1-14-3-6-16(7-4-14)19-11-17(8-5-15(19)2)22(28)23-18-9-10-20(25)24(12-18)13-21(26)27;17-7-11-1-4-13(5-2-11)24-10-14(20)18-12-3-6-15(21)19(8-12)9-16(22)23;15-10-3-1-2-9(6-10)14(21)16-11-4-5-12(18)17(7-11)8-13(19)20;1-2/h3-12H,13H2,1-2H3,(H,23,28)(H,26,27);1-6,8H,9-10H2,(H,18,20)(H,22,23);1-7H,8H2,(H,16,21)(H,19,20);1-2H3. The summed E-state index contributed by atoms with van der Waals surface area (Å²) in [6, 6.07) is 36.4. The molecule has 0 saturated carbocycles. The average Bonchev–Trinajstić information content (AvgIpc) is 3.37. The number of anilines is 3. The van der Waals surface area contributed by atoms with E-state index in [1.807, 2.05) is 70.2 Å². The number of amides is 3. The van der Waals surface area contributed by atoms with Crippen LogP contribution in [0.3, 0.4) is 0 Å². The average molecular weight is 1080 g/mol. The predicted molar refractivity (Wildman–Crippen MR) is 283 cm³/mol. The van der Waals surface area contributed by atoms with Gasteiger partial charge in [-0.3, -0.25) is 43.2 Å². The predicted octanol–water partition coefficient (Wildman–Crippen LogP) is 7.27. The van der Waals surface area contributed by atoms with Crippen LogP contribution in [0.5, 0.6) is 5.75 Å². The minimum atomic E-state index is -1.16. The van der Waals surface area contributed by atoms with E-state index in [-0.39, 0.29) is 24.1 Å². The van der Waals surface area contributed by atoms with Crippen LogP contribution in [0.4, 0.5) is 17.1 Å². The van der Waals surface area contributed by atoms with Gasteiger partial charge in [-0.2, -0.15) is 5.26 Å². The van der Waals surface area contributed by atoms with Gasteiger partial charge in [-0.15, -0.1) is 0 Å². The van der Waals surface area contributed by atoms with Crippen molar-refractivity contribution in [1.29, 1.82) is 5.26 Å². The molecule has 0 aliphatic carbocycles. The van der Waals surface area contributed by atoms with Crippen LogP contribution in [0.1, 0.15) is 51.3 Å². The summed E-state index contributed by atoms with van der Waals surface area (Å²) in [6.07, 6.45) is 3.87. The number of pyridine rings is 3. The summed E-state index contributed by atoms with van der Waals surface area (Å²) in [5, 5.41) is 42.8. The van der Waals surface area contributed by atoms with Crippen molar-refractivity contribution in [3.8, 4) is 22.9 Å². The summed E-state index contributed by atoms with van der Waals surface area (Å²) in [4.78, 5) is 103. The van der Waals surface area contributed by atoms with Gasteiger partial charge >= 0.3 is 17.9 Å². The number of carbonyl (C=O) groups excluding carboxylic acids is 3. The van der Waals surface area contributed by atoms with Crippen LogP contribution in [0.15, 0.2) is 165 Å². The second kappa shape index (κ2) is 28.4. The van der Waals surface area contributed by atoms with Gasteiger partial charge in [-0.1, -0.05) is 71.7 Å². The molecule has 7 aromatic rings. The van der Waals surface area contributed by atoms with Crippen LogP contribution >= 0.6 is 15.9 Å². The largest absolute Gasteiger partial charge is 0.484 e. The molecule has 386 valence electrons. The lowest BCUT2D eigenvalue weighted by Gasteiger charge is -2.11. The Balaban J connectivity index is 0.000000242. The highest BCUT2D eigenvalue weighted by Gasteiger charge is 2.13. The van der Waals surface area contributed by atoms with Gasteiger partial charge in [-0.25, -0.2) is 0 Å². The lowest BCUT2D eigenvalue weighted by molar-refractivity contribution is -0.138. The van der Waals surface area contributed by atoms with Crippen LogP contribution in [0, 0.1) is 25.2 Å². The minimum absolute atomic E-state index is 0.274. The number of halogens is 1. The highest BCUT2D eigenvalue weighted by atomic mass is 79.9. The number of nitrogens with one attached hydrogen (secondary N) is 3. The van der Waals surface area contributed by atoms with Crippen LogP contribution in [-0.4, -0.2) is 71.3 Å². The number of ether oxygens (including phenoxy) is 1. The van der Waals surface area contributed by atoms with E-state index >= 15 is 0 Å². The van der Waals surface area contributed by atoms with Gasteiger partial charge in [0.15, 0.2) is 6.61 Å². The third-order valence-electron chi connectivity index (χ3n) is 9.97. The first kappa shape index (κ1) is 57.9. The zero-order chi connectivity index (χ0) is 55.2. The molecule has 0 saturated heterocycles. The van der Waals surface area contributed by atoms with E-state index < -0.39 is 60.1 Å². The second-order valence-electron chi connectivity index (χ2n) is 15.6. The normalized spacial score (nSPS) is 9.97. The Hall–Kier alpha value is -9.68. The first-order valence-electron chi connectivity index (χ1n) is 22.5. The summed E-state index contributed by atoms with van der Waals surface area (Å²) in [7, 11) is 0. The van der Waals surface area contributed by atoms with Gasteiger partial charge in [0.25, 0.3) is 34.4 Å². The fraction of sp³-hybridized carbons (Fsp3) is 0.148. The molecule has 7 rings (SSSR count). The Morgan fingerprint density at radius 1 is 0.573 bits per heavy atom. The van der Waals surface area contributed by atoms with Crippen LogP contribution in [0.2, 0.25) is 0 Å². The van der Waals surface area contributed by atoms with E-state index in [9.17, 15) is 43.2 Å². The molecular formula is C54H50BrN7O13. The molecule has 3 aromatic heterocycles. The summed E-state index contributed by atoms with van der Waals surface area (Å²) >= 11 is 3.27. The van der Waals surface area contributed by atoms with Crippen LogP contribution < -0.4 is 37.4 Å². The Morgan fingerprint density at radius 2 is 1.03 bits per heavy atom. The van der Waals surface area contributed by atoms with Crippen molar-refractivity contribution < 1.29 is 48.8 Å². The first-order valence-corrected chi connectivity index (χ1v) is 23.3. The smallest absolute Gasteiger partial charge is 0.323 e. The molecule has 75 heavy (non-hydrogen) atoms. The summed E-state index contributed by atoms with van der Waals surface area (Å²) in [5.41, 5.74) is 5.19. The van der Waals surface area contributed by atoms with Crippen molar-refractivity contribution in [1.82, 2.24) is 13.7 Å². The molecule has 3 heterocycles. The third kappa shape index (κ3) is 18.8. The number of hydrogen-bond acceptors (Lipinski definition) is 11. The van der Waals surface area contributed by atoms with Crippen molar-refractivity contribution >= 4 is 68.6 Å². The molecule has 0 bridgehead atoms. The van der Waals surface area contributed by atoms with Crippen molar-refractivity contribution in [3.05, 3.63) is 209 Å². The number of aliphatic carboxylic acids is 3. The molecule has 0 aliphatic rings. The molecule has 0 unspecified atom stereocenters. The van der Waals surface area contributed by atoms with Crippen LogP contribution in [0.25, 0.3) is 11.1 Å². The third-order valence-corrected chi connectivity index (χ3v) is 10.5. The lowest BCUT2D eigenvalue weighted by atomic mass is 9.97. The Morgan fingerprint density at radius 3 is 1.47 bits per heavy atom. The van der Waals surface area contributed by atoms with Gasteiger partial charge in [0.05, 0.1) is 28.7 Å². The number of carboxylic acids is 3. The summed E-state index contributed by atoms with van der Waals surface area (Å²) < 4.78 is 9.06. The molecule has 3 amide bonds. The lowest BCUT2D eigenvalue weighted by Crippen LogP contribution is -2.25. The highest BCUT2D eigenvalue weighted by Crippen LogP contribution is 2.26. The topological polar surface area (TPSA) is 298 Å². The zero-order valence-corrected chi connectivity index (χ0v) is 42.4. The number of aryl methyl sites for hydroxylation is 2. The van der Waals surface area contributed by atoms with Gasteiger partial charge in [0.2, 0.25) is 0 Å². The Kier molecular flexibility index (Phi) is 21.9. The van der Waals surface area contributed by atoms with E-state index in [1.54, 1.807) is 54.6 Å². The first-order chi connectivity index (χ1) is 35.8. The highest BCUT2D eigenvalue weighted by molar-refractivity contribution is 9.10. The molecule has 0 spiro atoms. The SMILES string of the molecule is CC.Cc1ccc(-c2cc(C(=O)Nc3ccc(=O)n(CC(=O)O)c3)ccc2C)cc1.N#Cc1ccc(OCC(=O)Nc2ccc(=O)n(CC(=O)O)c2)cc1.O=C(O)Cn1cc(NC(=O)c2cccc(Br)c2)ccc1=O. The maximum Gasteiger partial charge on any atom is 0.323 e. The summed E-state index contributed by atoms with van der Waals surface area (Å²) in [6.45, 7) is 6.31. The van der Waals surface area contributed by atoms with Gasteiger partial charge < -0.3 is 49.7 Å². The molecule has 0 atom stereocenters. The van der Waals surface area contributed by atoms with Crippen molar-refractivity contribution in [2.45, 2.75) is 47.3 Å². The quantitative estimate of drug-likeness (QED) is 0.0589. The molecule has 0 fully saturated rings.